The molecule has 0 spiro atoms. The Kier molecular flexibility index (Phi) is 1.98. The fourth-order valence-electron chi connectivity index (χ4n) is 1.41. The highest BCUT2D eigenvalue weighted by Crippen LogP contribution is 2.24. The molecule has 0 amide bonds. The van der Waals surface area contributed by atoms with Crippen LogP contribution < -0.4 is 4.90 Å². The maximum absolute atomic E-state index is 9.48. The van der Waals surface area contributed by atoms with Gasteiger partial charge >= 0.3 is 0 Å². The summed E-state index contributed by atoms with van der Waals surface area (Å²) in [5.74, 6) is 0.342. The van der Waals surface area contributed by atoms with E-state index >= 15 is 0 Å². The van der Waals surface area contributed by atoms with Gasteiger partial charge in [0.1, 0.15) is 5.51 Å². The highest BCUT2D eigenvalue weighted by atomic mass is 32.1. The van der Waals surface area contributed by atoms with Crippen LogP contribution in [0, 0.1) is 5.92 Å². The van der Waals surface area contributed by atoms with Crippen LogP contribution in [0.15, 0.2) is 5.51 Å². The van der Waals surface area contributed by atoms with Crippen LogP contribution in [0.2, 0.25) is 0 Å². The monoisotopic (exact) mass is 185 g/mol. The van der Waals surface area contributed by atoms with Crippen molar-refractivity contribution in [3.63, 3.8) is 0 Å². The average molecular weight is 185 g/mol. The first kappa shape index (κ1) is 7.94. The molecule has 1 aromatic heterocycles. The van der Waals surface area contributed by atoms with Crippen molar-refractivity contribution in [3.05, 3.63) is 5.51 Å². The van der Waals surface area contributed by atoms with E-state index < -0.39 is 0 Å². The molecular weight excluding hydrogens is 174 g/mol. The first-order valence-electron chi connectivity index (χ1n) is 3.96. The van der Waals surface area contributed by atoms with E-state index in [4.69, 9.17) is 0 Å². The van der Waals surface area contributed by atoms with E-state index in [1.807, 2.05) is 6.92 Å². The summed E-state index contributed by atoms with van der Waals surface area (Å²) in [7, 11) is 0. The number of aromatic nitrogens is 2. The van der Waals surface area contributed by atoms with Crippen LogP contribution in [0.4, 0.5) is 5.13 Å². The van der Waals surface area contributed by atoms with Crippen molar-refractivity contribution in [2.75, 3.05) is 18.0 Å². The number of β-amino-alcohol motifs (C(OH)–C–C–N with tert-alkyl or cyclic N) is 1. The van der Waals surface area contributed by atoms with Crippen LogP contribution in [0.25, 0.3) is 0 Å². The Morgan fingerprint density at radius 2 is 2.50 bits per heavy atom. The lowest BCUT2D eigenvalue weighted by Crippen LogP contribution is -2.20. The fraction of sp³-hybridized carbons (Fsp3) is 0.714. The molecule has 0 aromatic carbocycles. The topological polar surface area (TPSA) is 49.2 Å². The van der Waals surface area contributed by atoms with Gasteiger partial charge in [0.05, 0.1) is 6.10 Å². The molecule has 5 heteroatoms. The molecule has 1 fully saturated rings. The molecule has 2 heterocycles. The molecule has 0 aliphatic carbocycles. The van der Waals surface area contributed by atoms with Crippen molar-refractivity contribution in [1.82, 2.24) is 10.2 Å². The van der Waals surface area contributed by atoms with Crippen molar-refractivity contribution in [2.24, 2.45) is 5.92 Å². The molecule has 0 radical (unpaired) electrons. The van der Waals surface area contributed by atoms with Gasteiger partial charge in [-0.15, -0.1) is 10.2 Å². The number of hydrogen-bond acceptors (Lipinski definition) is 5. The first-order chi connectivity index (χ1) is 5.77. The molecule has 1 saturated heterocycles. The van der Waals surface area contributed by atoms with Crippen LogP contribution in [-0.4, -0.2) is 34.5 Å². The van der Waals surface area contributed by atoms with Crippen LogP contribution in [0.1, 0.15) is 6.92 Å². The molecule has 0 bridgehead atoms. The fourth-order valence-corrected chi connectivity index (χ4v) is 1.99. The van der Waals surface area contributed by atoms with Crippen LogP contribution in [-0.2, 0) is 0 Å². The van der Waals surface area contributed by atoms with Crippen molar-refractivity contribution in [2.45, 2.75) is 13.0 Å². The molecule has 1 aliphatic rings. The molecule has 0 saturated carbocycles. The second kappa shape index (κ2) is 2.99. The van der Waals surface area contributed by atoms with Gasteiger partial charge in [0.15, 0.2) is 0 Å². The van der Waals surface area contributed by atoms with Gasteiger partial charge in [0, 0.05) is 19.0 Å². The zero-order valence-electron chi connectivity index (χ0n) is 6.84. The Labute approximate surface area is 74.9 Å². The summed E-state index contributed by atoms with van der Waals surface area (Å²) >= 11 is 1.52. The van der Waals surface area contributed by atoms with E-state index in [9.17, 15) is 5.11 Å². The summed E-state index contributed by atoms with van der Waals surface area (Å²) in [5, 5.41) is 18.1. The van der Waals surface area contributed by atoms with Gasteiger partial charge in [0.25, 0.3) is 0 Å². The third-order valence-electron chi connectivity index (χ3n) is 2.19. The highest BCUT2D eigenvalue weighted by molar-refractivity contribution is 7.13. The molecule has 12 heavy (non-hydrogen) atoms. The summed E-state index contributed by atoms with van der Waals surface area (Å²) in [5.41, 5.74) is 1.71. The quantitative estimate of drug-likeness (QED) is 0.686. The summed E-state index contributed by atoms with van der Waals surface area (Å²) < 4.78 is 0. The van der Waals surface area contributed by atoms with Crippen LogP contribution >= 0.6 is 11.3 Å². The molecule has 66 valence electrons. The number of aliphatic hydroxyl groups is 1. The number of hydrogen-bond donors (Lipinski definition) is 1. The van der Waals surface area contributed by atoms with E-state index in [0.29, 0.717) is 12.5 Å². The van der Waals surface area contributed by atoms with E-state index in [1.165, 1.54) is 11.3 Å². The van der Waals surface area contributed by atoms with Crippen LogP contribution in [0.5, 0.6) is 0 Å². The van der Waals surface area contributed by atoms with Crippen molar-refractivity contribution < 1.29 is 5.11 Å². The number of nitrogens with zero attached hydrogens (tertiary/aromatic N) is 3. The predicted molar refractivity (Wildman–Crippen MR) is 47.3 cm³/mol. The lowest BCUT2D eigenvalue weighted by atomic mass is 10.1. The molecule has 2 unspecified atom stereocenters. The van der Waals surface area contributed by atoms with Gasteiger partial charge < -0.3 is 10.0 Å². The Morgan fingerprint density at radius 3 is 3.00 bits per heavy atom. The smallest absolute Gasteiger partial charge is 0.208 e. The number of rotatable bonds is 1. The lowest BCUT2D eigenvalue weighted by molar-refractivity contribution is 0.157. The Morgan fingerprint density at radius 1 is 1.67 bits per heavy atom. The number of anilines is 1. The average Bonchev–Trinajstić information content (AvgIpc) is 2.61. The van der Waals surface area contributed by atoms with Crippen LogP contribution in [0.3, 0.4) is 0 Å². The summed E-state index contributed by atoms with van der Waals surface area (Å²) in [6.45, 7) is 3.62. The maximum atomic E-state index is 9.48. The second-order valence-electron chi connectivity index (χ2n) is 3.17. The minimum atomic E-state index is -0.214. The molecular formula is C7H11N3OS. The predicted octanol–water partition coefficient (Wildman–Crippen LogP) is 0.355. The first-order valence-corrected chi connectivity index (χ1v) is 4.84. The maximum Gasteiger partial charge on any atom is 0.208 e. The van der Waals surface area contributed by atoms with E-state index in [1.54, 1.807) is 5.51 Å². The number of aliphatic hydroxyl groups excluding tert-OH is 1. The van der Waals surface area contributed by atoms with Gasteiger partial charge in [-0.05, 0) is 0 Å². The van der Waals surface area contributed by atoms with Gasteiger partial charge in [-0.2, -0.15) is 0 Å². The lowest BCUT2D eigenvalue weighted by Gasteiger charge is -2.11. The van der Waals surface area contributed by atoms with Gasteiger partial charge in [-0.1, -0.05) is 18.3 Å². The summed E-state index contributed by atoms with van der Waals surface area (Å²) in [6, 6.07) is 0. The van der Waals surface area contributed by atoms with Gasteiger partial charge in [0.2, 0.25) is 5.13 Å². The molecule has 2 atom stereocenters. The second-order valence-corrected chi connectivity index (χ2v) is 3.98. The Balaban J connectivity index is 2.09. The molecule has 1 N–H and O–H groups in total. The van der Waals surface area contributed by atoms with E-state index in [0.717, 1.165) is 11.7 Å². The van der Waals surface area contributed by atoms with Crippen molar-refractivity contribution in [1.29, 1.82) is 0 Å². The molecule has 1 aliphatic heterocycles. The van der Waals surface area contributed by atoms with E-state index in [2.05, 4.69) is 15.1 Å². The third kappa shape index (κ3) is 1.30. The van der Waals surface area contributed by atoms with Gasteiger partial charge in [-0.3, -0.25) is 0 Å². The molecule has 2 rings (SSSR count). The Bertz CT molecular complexity index is 241. The minimum absolute atomic E-state index is 0.214. The van der Waals surface area contributed by atoms with Gasteiger partial charge in [-0.25, -0.2) is 0 Å². The normalized spacial score (nSPS) is 29.7. The largest absolute Gasteiger partial charge is 0.391 e. The third-order valence-corrected chi connectivity index (χ3v) is 2.94. The summed E-state index contributed by atoms with van der Waals surface area (Å²) in [4.78, 5) is 2.08. The van der Waals surface area contributed by atoms with E-state index in [-0.39, 0.29) is 6.10 Å². The molecule has 1 aromatic rings. The SMILES string of the molecule is CC1CN(c2nncs2)CC1O. The minimum Gasteiger partial charge on any atom is -0.391 e. The Hall–Kier alpha value is -0.680. The summed E-state index contributed by atoms with van der Waals surface area (Å²) in [6.07, 6.45) is -0.214. The molecule has 4 nitrogen and oxygen atoms in total. The zero-order chi connectivity index (χ0) is 8.55. The highest BCUT2D eigenvalue weighted by Gasteiger charge is 2.29. The van der Waals surface area contributed by atoms with Crippen molar-refractivity contribution in [3.8, 4) is 0 Å². The standard InChI is InChI=1S/C7H11N3OS/c1-5-2-10(3-6(5)11)7-9-8-4-12-7/h4-6,11H,2-3H2,1H3. The van der Waals surface area contributed by atoms with Crippen molar-refractivity contribution >= 4 is 16.5 Å². The zero-order valence-corrected chi connectivity index (χ0v) is 7.66.